The van der Waals surface area contributed by atoms with Crippen LogP contribution in [0.2, 0.25) is 0 Å². The van der Waals surface area contributed by atoms with E-state index in [0.29, 0.717) is 13.1 Å². The molecule has 1 aliphatic rings. The third kappa shape index (κ3) is 2.90. The summed E-state index contributed by atoms with van der Waals surface area (Å²) in [7, 11) is 1.45. The summed E-state index contributed by atoms with van der Waals surface area (Å²) in [6, 6.07) is -0.915. The van der Waals surface area contributed by atoms with E-state index < -0.39 is 17.7 Å². The van der Waals surface area contributed by atoms with Gasteiger partial charge in [-0.1, -0.05) is 0 Å². The Balaban J connectivity index is 2.38. The van der Waals surface area contributed by atoms with Gasteiger partial charge in [-0.05, 0) is 13.8 Å². The molecule has 3 amide bonds. The predicted octanol–water partition coefficient (Wildman–Crippen LogP) is -1.10. The SMILES string of the molecule is CNC(=O)NC(=O)C(C)N1CC(C)(O)C1. The molecule has 1 aliphatic heterocycles. The summed E-state index contributed by atoms with van der Waals surface area (Å²) in [6.45, 7) is 4.32. The zero-order valence-electron chi connectivity index (χ0n) is 9.20. The summed E-state index contributed by atoms with van der Waals surface area (Å²) in [6.07, 6.45) is 0. The number of β-amino-alcohol motifs (C(OH)–C–C–N with tert-alkyl or cyclic N) is 1. The number of amides is 3. The summed E-state index contributed by atoms with van der Waals surface area (Å²) in [5, 5.41) is 14.0. The number of urea groups is 1. The Morgan fingerprint density at radius 3 is 2.40 bits per heavy atom. The normalized spacial score (nSPS) is 21.3. The van der Waals surface area contributed by atoms with Crippen molar-refractivity contribution in [1.29, 1.82) is 0 Å². The van der Waals surface area contributed by atoms with Crippen LogP contribution in [0.1, 0.15) is 13.8 Å². The first-order chi connectivity index (χ1) is 6.85. The molecule has 15 heavy (non-hydrogen) atoms. The van der Waals surface area contributed by atoms with Crippen LogP contribution in [0.25, 0.3) is 0 Å². The van der Waals surface area contributed by atoms with Crippen molar-refractivity contribution in [2.24, 2.45) is 0 Å². The molecule has 0 radical (unpaired) electrons. The van der Waals surface area contributed by atoms with Crippen LogP contribution in [0.4, 0.5) is 4.79 Å². The molecule has 0 bridgehead atoms. The third-order valence-corrected chi connectivity index (χ3v) is 2.48. The van der Waals surface area contributed by atoms with Gasteiger partial charge in [0.15, 0.2) is 0 Å². The van der Waals surface area contributed by atoms with Crippen molar-refractivity contribution < 1.29 is 14.7 Å². The predicted molar refractivity (Wildman–Crippen MR) is 54.3 cm³/mol. The quantitative estimate of drug-likeness (QED) is 0.546. The highest BCUT2D eigenvalue weighted by molar-refractivity contribution is 5.96. The highest BCUT2D eigenvalue weighted by Gasteiger charge is 2.41. The van der Waals surface area contributed by atoms with E-state index in [1.165, 1.54) is 7.05 Å². The Labute approximate surface area is 88.6 Å². The average molecular weight is 215 g/mol. The molecule has 6 nitrogen and oxygen atoms in total. The minimum atomic E-state index is -0.707. The van der Waals surface area contributed by atoms with Gasteiger partial charge in [-0.25, -0.2) is 4.79 Å². The topological polar surface area (TPSA) is 81.7 Å². The smallest absolute Gasteiger partial charge is 0.321 e. The maximum absolute atomic E-state index is 11.5. The van der Waals surface area contributed by atoms with Gasteiger partial charge in [0.2, 0.25) is 5.91 Å². The molecule has 6 heteroatoms. The second-order valence-corrected chi connectivity index (χ2v) is 4.15. The summed E-state index contributed by atoms with van der Waals surface area (Å²) in [5.74, 6) is -0.357. The largest absolute Gasteiger partial charge is 0.388 e. The number of hydrogen-bond acceptors (Lipinski definition) is 4. The van der Waals surface area contributed by atoms with E-state index in [9.17, 15) is 14.7 Å². The van der Waals surface area contributed by atoms with Crippen LogP contribution in [0.3, 0.4) is 0 Å². The number of aliphatic hydroxyl groups is 1. The molecule has 3 N–H and O–H groups in total. The van der Waals surface area contributed by atoms with Crippen LogP contribution >= 0.6 is 0 Å². The van der Waals surface area contributed by atoms with E-state index in [1.54, 1.807) is 18.7 Å². The number of hydrogen-bond donors (Lipinski definition) is 3. The van der Waals surface area contributed by atoms with Crippen LogP contribution in [0.5, 0.6) is 0 Å². The van der Waals surface area contributed by atoms with Crippen molar-refractivity contribution in [2.75, 3.05) is 20.1 Å². The lowest BCUT2D eigenvalue weighted by Crippen LogP contribution is -2.65. The molecule has 1 unspecified atom stereocenters. The molecule has 1 heterocycles. The lowest BCUT2D eigenvalue weighted by molar-refractivity contribution is -0.137. The van der Waals surface area contributed by atoms with Crippen LogP contribution in [0, 0.1) is 0 Å². The Hall–Kier alpha value is -1.14. The van der Waals surface area contributed by atoms with Gasteiger partial charge < -0.3 is 10.4 Å². The maximum atomic E-state index is 11.5. The molecule has 0 aromatic carbocycles. The van der Waals surface area contributed by atoms with Gasteiger partial charge in [0.05, 0.1) is 11.6 Å². The molecular formula is C9H17N3O3. The van der Waals surface area contributed by atoms with E-state index in [-0.39, 0.29) is 5.91 Å². The summed E-state index contributed by atoms with van der Waals surface area (Å²) in [5.41, 5.74) is -0.707. The number of rotatable bonds is 2. The average Bonchev–Trinajstić information content (AvgIpc) is 2.12. The molecule has 0 spiro atoms. The number of likely N-dealkylation sites (tertiary alicyclic amines) is 1. The highest BCUT2D eigenvalue weighted by Crippen LogP contribution is 2.21. The summed E-state index contributed by atoms with van der Waals surface area (Å²) in [4.78, 5) is 24.1. The third-order valence-electron chi connectivity index (χ3n) is 2.48. The van der Waals surface area contributed by atoms with Crippen molar-refractivity contribution in [3.63, 3.8) is 0 Å². The van der Waals surface area contributed by atoms with Crippen molar-refractivity contribution >= 4 is 11.9 Å². The minimum absolute atomic E-state index is 0.357. The zero-order chi connectivity index (χ0) is 11.6. The van der Waals surface area contributed by atoms with Crippen LogP contribution in [-0.2, 0) is 4.79 Å². The van der Waals surface area contributed by atoms with Gasteiger partial charge in [-0.15, -0.1) is 0 Å². The molecule has 0 aliphatic carbocycles. The second kappa shape index (κ2) is 4.16. The molecule has 0 aromatic rings. The van der Waals surface area contributed by atoms with E-state index in [1.807, 2.05) is 0 Å². The lowest BCUT2D eigenvalue weighted by Gasteiger charge is -2.46. The number of carbonyl (C=O) groups excluding carboxylic acids is 2. The van der Waals surface area contributed by atoms with Gasteiger partial charge in [0, 0.05) is 20.1 Å². The summed E-state index contributed by atoms with van der Waals surface area (Å²) >= 11 is 0. The Morgan fingerprint density at radius 1 is 1.47 bits per heavy atom. The zero-order valence-corrected chi connectivity index (χ0v) is 9.20. The molecule has 1 rings (SSSR count). The van der Waals surface area contributed by atoms with Gasteiger partial charge in [0.1, 0.15) is 0 Å². The van der Waals surface area contributed by atoms with Gasteiger partial charge in [-0.2, -0.15) is 0 Å². The fraction of sp³-hybridized carbons (Fsp3) is 0.778. The second-order valence-electron chi connectivity index (χ2n) is 4.15. The van der Waals surface area contributed by atoms with E-state index in [4.69, 9.17) is 0 Å². The number of nitrogens with one attached hydrogen (secondary N) is 2. The molecule has 1 saturated heterocycles. The first kappa shape index (κ1) is 11.9. The standard InChI is InChI=1S/C9H17N3O3/c1-6(7(13)11-8(14)10-3)12-4-9(2,15)5-12/h6,15H,4-5H2,1-3H3,(H2,10,11,13,14). The van der Waals surface area contributed by atoms with Gasteiger partial charge in [-0.3, -0.25) is 15.0 Å². The minimum Gasteiger partial charge on any atom is -0.388 e. The molecule has 0 saturated carbocycles. The number of imide groups is 1. The molecule has 86 valence electrons. The summed E-state index contributed by atoms with van der Waals surface area (Å²) < 4.78 is 0. The van der Waals surface area contributed by atoms with E-state index >= 15 is 0 Å². The fourth-order valence-corrected chi connectivity index (χ4v) is 1.55. The highest BCUT2D eigenvalue weighted by atomic mass is 16.3. The Bertz CT molecular complexity index is 270. The van der Waals surface area contributed by atoms with Crippen LogP contribution in [0.15, 0.2) is 0 Å². The Morgan fingerprint density at radius 2 is 2.00 bits per heavy atom. The molecule has 1 fully saturated rings. The maximum Gasteiger partial charge on any atom is 0.321 e. The van der Waals surface area contributed by atoms with Crippen molar-refractivity contribution in [2.45, 2.75) is 25.5 Å². The van der Waals surface area contributed by atoms with Gasteiger partial charge in [0.25, 0.3) is 0 Å². The number of carbonyl (C=O) groups is 2. The van der Waals surface area contributed by atoms with Crippen molar-refractivity contribution in [1.82, 2.24) is 15.5 Å². The molecule has 0 aromatic heterocycles. The first-order valence-electron chi connectivity index (χ1n) is 4.85. The van der Waals surface area contributed by atoms with Crippen LogP contribution in [-0.4, -0.2) is 53.7 Å². The molecule has 1 atom stereocenters. The van der Waals surface area contributed by atoms with E-state index in [2.05, 4.69) is 10.6 Å². The van der Waals surface area contributed by atoms with Crippen LogP contribution < -0.4 is 10.6 Å². The molecular weight excluding hydrogens is 198 g/mol. The van der Waals surface area contributed by atoms with Crippen molar-refractivity contribution in [3.8, 4) is 0 Å². The first-order valence-corrected chi connectivity index (χ1v) is 4.85. The fourth-order valence-electron chi connectivity index (χ4n) is 1.55. The lowest BCUT2D eigenvalue weighted by atomic mass is 9.95. The van der Waals surface area contributed by atoms with Crippen molar-refractivity contribution in [3.05, 3.63) is 0 Å². The number of nitrogens with zero attached hydrogens (tertiary/aromatic N) is 1. The van der Waals surface area contributed by atoms with Gasteiger partial charge >= 0.3 is 6.03 Å². The van der Waals surface area contributed by atoms with E-state index in [0.717, 1.165) is 0 Å². The Kier molecular flexibility index (Phi) is 3.31. The monoisotopic (exact) mass is 215 g/mol.